The Hall–Kier alpha value is -2.57. The molecule has 0 fully saturated rings. The Morgan fingerprint density at radius 1 is 1.22 bits per heavy atom. The first-order valence-electron chi connectivity index (χ1n) is 6.81. The summed E-state index contributed by atoms with van der Waals surface area (Å²) in [4.78, 5) is 15.7. The van der Waals surface area contributed by atoms with Crippen molar-refractivity contribution in [2.75, 3.05) is 6.61 Å². The summed E-state index contributed by atoms with van der Waals surface area (Å²) in [6.45, 7) is 2.79. The van der Waals surface area contributed by atoms with Gasteiger partial charge in [0.05, 0.1) is 17.9 Å². The van der Waals surface area contributed by atoms with E-state index in [9.17, 15) is 18.0 Å². The first-order valence-corrected chi connectivity index (χ1v) is 6.81. The summed E-state index contributed by atoms with van der Waals surface area (Å²) in [6, 6.07) is 9.04. The zero-order valence-corrected chi connectivity index (χ0v) is 12.5. The fraction of sp³-hybridized carbons (Fsp3) is 0.250. The summed E-state index contributed by atoms with van der Waals surface area (Å²) in [6.07, 6.45) is -4.62. The number of hydrogen-bond acceptors (Lipinski definition) is 4. The van der Waals surface area contributed by atoms with Gasteiger partial charge < -0.3 is 9.47 Å². The van der Waals surface area contributed by atoms with E-state index in [-0.39, 0.29) is 23.7 Å². The normalized spacial score (nSPS) is 11.2. The minimum Gasteiger partial charge on any atom is -0.462 e. The van der Waals surface area contributed by atoms with Crippen molar-refractivity contribution in [3.8, 4) is 11.6 Å². The molecule has 0 aliphatic rings. The van der Waals surface area contributed by atoms with Gasteiger partial charge in [0.1, 0.15) is 11.3 Å². The van der Waals surface area contributed by atoms with Crippen molar-refractivity contribution in [1.82, 2.24) is 4.98 Å². The van der Waals surface area contributed by atoms with Gasteiger partial charge in [-0.05, 0) is 32.0 Å². The molecule has 1 heterocycles. The molecule has 0 aliphatic heterocycles. The number of carbonyl (C=O) groups is 1. The number of aromatic nitrogens is 1. The number of pyridine rings is 1. The summed E-state index contributed by atoms with van der Waals surface area (Å²) in [5, 5.41) is 0. The van der Waals surface area contributed by atoms with E-state index in [0.29, 0.717) is 11.8 Å². The van der Waals surface area contributed by atoms with Gasteiger partial charge in [-0.1, -0.05) is 18.2 Å². The summed E-state index contributed by atoms with van der Waals surface area (Å²) in [7, 11) is 0. The quantitative estimate of drug-likeness (QED) is 0.783. The summed E-state index contributed by atoms with van der Waals surface area (Å²) in [5.74, 6) is -0.790. The van der Waals surface area contributed by atoms with Gasteiger partial charge in [-0.2, -0.15) is 13.2 Å². The fourth-order valence-corrected chi connectivity index (χ4v) is 1.90. The van der Waals surface area contributed by atoms with E-state index in [1.807, 2.05) is 0 Å². The number of carbonyl (C=O) groups excluding carboxylic acids is 1. The van der Waals surface area contributed by atoms with Crippen LogP contribution in [0.15, 0.2) is 36.4 Å². The number of halogens is 3. The van der Waals surface area contributed by atoms with Crippen LogP contribution in [0.4, 0.5) is 13.2 Å². The smallest absolute Gasteiger partial charge is 0.418 e. The average Bonchev–Trinajstić information content (AvgIpc) is 2.47. The van der Waals surface area contributed by atoms with E-state index >= 15 is 0 Å². The Balaban J connectivity index is 2.51. The number of ether oxygens (including phenoxy) is 2. The van der Waals surface area contributed by atoms with Crippen LogP contribution in [0.2, 0.25) is 0 Å². The SMILES string of the molecule is CCOC(=O)c1cc(C(F)(F)F)c(C)nc1Oc1ccccc1. The molecule has 2 rings (SSSR count). The van der Waals surface area contributed by atoms with Crippen LogP contribution in [0.25, 0.3) is 0 Å². The van der Waals surface area contributed by atoms with Crippen LogP contribution in [0.3, 0.4) is 0 Å². The lowest BCUT2D eigenvalue weighted by Gasteiger charge is -2.15. The highest BCUT2D eigenvalue weighted by Gasteiger charge is 2.35. The monoisotopic (exact) mass is 325 g/mol. The number of aryl methyl sites for hydroxylation is 1. The molecule has 122 valence electrons. The standard InChI is InChI=1S/C16H14F3NO3/c1-3-22-15(21)12-9-13(16(17,18)19)10(2)20-14(12)23-11-7-5-4-6-8-11/h4-9H,3H2,1-2H3. The third-order valence-corrected chi connectivity index (χ3v) is 2.94. The largest absolute Gasteiger partial charge is 0.462 e. The molecule has 1 aromatic carbocycles. The molecule has 0 amide bonds. The van der Waals surface area contributed by atoms with Crippen LogP contribution >= 0.6 is 0 Å². The highest BCUT2D eigenvalue weighted by atomic mass is 19.4. The van der Waals surface area contributed by atoms with Gasteiger partial charge in [-0.15, -0.1) is 0 Å². The van der Waals surface area contributed by atoms with Crippen LogP contribution in [0.5, 0.6) is 11.6 Å². The van der Waals surface area contributed by atoms with Crippen LogP contribution in [0, 0.1) is 6.92 Å². The number of hydrogen-bond donors (Lipinski definition) is 0. The molecule has 0 aliphatic carbocycles. The highest BCUT2D eigenvalue weighted by molar-refractivity contribution is 5.92. The minimum absolute atomic E-state index is 0.0266. The Labute approximate surface area is 130 Å². The van der Waals surface area contributed by atoms with Gasteiger partial charge >= 0.3 is 12.1 Å². The molecule has 23 heavy (non-hydrogen) atoms. The number of alkyl halides is 3. The second-order valence-corrected chi connectivity index (χ2v) is 4.61. The van der Waals surface area contributed by atoms with E-state index < -0.39 is 17.7 Å². The highest BCUT2D eigenvalue weighted by Crippen LogP contribution is 2.35. The summed E-state index contributed by atoms with van der Waals surface area (Å²) >= 11 is 0. The van der Waals surface area contributed by atoms with E-state index in [0.717, 1.165) is 0 Å². The number of para-hydroxylation sites is 1. The van der Waals surface area contributed by atoms with Crippen molar-refractivity contribution in [2.24, 2.45) is 0 Å². The first-order chi connectivity index (χ1) is 10.8. The van der Waals surface area contributed by atoms with Gasteiger partial charge in [0.15, 0.2) is 0 Å². The third kappa shape index (κ3) is 4.00. The van der Waals surface area contributed by atoms with Gasteiger partial charge in [-0.3, -0.25) is 0 Å². The second kappa shape index (κ2) is 6.68. The molecule has 4 nitrogen and oxygen atoms in total. The Kier molecular flexibility index (Phi) is 4.88. The first kappa shape index (κ1) is 16.8. The van der Waals surface area contributed by atoms with Crippen LogP contribution in [-0.2, 0) is 10.9 Å². The lowest BCUT2D eigenvalue weighted by molar-refractivity contribution is -0.138. The van der Waals surface area contributed by atoms with E-state index in [4.69, 9.17) is 9.47 Å². The lowest BCUT2D eigenvalue weighted by Crippen LogP contribution is -2.14. The maximum absolute atomic E-state index is 13.0. The molecular weight excluding hydrogens is 311 g/mol. The topological polar surface area (TPSA) is 48.4 Å². The minimum atomic E-state index is -4.62. The molecule has 1 aromatic heterocycles. The molecule has 2 aromatic rings. The predicted molar refractivity (Wildman–Crippen MR) is 76.4 cm³/mol. The zero-order chi connectivity index (χ0) is 17.0. The predicted octanol–water partition coefficient (Wildman–Crippen LogP) is 4.38. The molecule has 0 atom stereocenters. The third-order valence-electron chi connectivity index (χ3n) is 2.94. The maximum Gasteiger partial charge on any atom is 0.418 e. The zero-order valence-electron chi connectivity index (χ0n) is 12.5. The Morgan fingerprint density at radius 2 is 1.87 bits per heavy atom. The van der Waals surface area contributed by atoms with E-state index in [1.165, 1.54) is 6.92 Å². The van der Waals surface area contributed by atoms with Crippen molar-refractivity contribution in [3.05, 3.63) is 53.2 Å². The maximum atomic E-state index is 13.0. The van der Waals surface area contributed by atoms with Gasteiger partial charge in [0.2, 0.25) is 5.88 Å². The molecule has 0 bridgehead atoms. The fourth-order valence-electron chi connectivity index (χ4n) is 1.90. The van der Waals surface area contributed by atoms with Crippen LogP contribution < -0.4 is 4.74 Å². The van der Waals surface area contributed by atoms with E-state index in [2.05, 4.69) is 4.98 Å². The van der Waals surface area contributed by atoms with Crippen LogP contribution in [0.1, 0.15) is 28.5 Å². The molecule has 0 radical (unpaired) electrons. The molecule has 0 saturated carbocycles. The summed E-state index contributed by atoms with van der Waals surface area (Å²) < 4.78 is 49.2. The van der Waals surface area contributed by atoms with E-state index in [1.54, 1.807) is 37.3 Å². The van der Waals surface area contributed by atoms with Gasteiger partial charge in [-0.25, -0.2) is 9.78 Å². The average molecular weight is 325 g/mol. The molecular formula is C16H14F3NO3. The number of esters is 1. The van der Waals surface area contributed by atoms with Crippen LogP contribution in [-0.4, -0.2) is 17.6 Å². The van der Waals surface area contributed by atoms with Gasteiger partial charge in [0.25, 0.3) is 0 Å². The molecule has 7 heteroatoms. The lowest BCUT2D eigenvalue weighted by atomic mass is 10.1. The number of benzene rings is 1. The van der Waals surface area contributed by atoms with Crippen molar-refractivity contribution in [1.29, 1.82) is 0 Å². The molecule has 0 saturated heterocycles. The van der Waals surface area contributed by atoms with Crippen molar-refractivity contribution >= 4 is 5.97 Å². The Morgan fingerprint density at radius 3 is 2.43 bits per heavy atom. The van der Waals surface area contributed by atoms with Crippen molar-refractivity contribution < 1.29 is 27.4 Å². The molecule has 0 spiro atoms. The van der Waals surface area contributed by atoms with Gasteiger partial charge in [0, 0.05) is 0 Å². The second-order valence-electron chi connectivity index (χ2n) is 4.61. The molecule has 0 N–H and O–H groups in total. The van der Waals surface area contributed by atoms with Crippen molar-refractivity contribution in [3.63, 3.8) is 0 Å². The number of rotatable bonds is 4. The number of nitrogens with zero attached hydrogens (tertiary/aromatic N) is 1. The van der Waals surface area contributed by atoms with Crippen molar-refractivity contribution in [2.45, 2.75) is 20.0 Å². The summed E-state index contributed by atoms with van der Waals surface area (Å²) in [5.41, 5.74) is -1.65. The Bertz CT molecular complexity index is 700. The molecule has 0 unspecified atom stereocenters.